The molecule has 1 aliphatic heterocycles. The lowest BCUT2D eigenvalue weighted by atomic mass is 10.1. The Labute approximate surface area is 88.8 Å². The van der Waals surface area contributed by atoms with Gasteiger partial charge in [0.05, 0.1) is 0 Å². The first-order chi connectivity index (χ1) is 6.68. The maximum absolute atomic E-state index is 11.3. The molecule has 5 heteroatoms. The molecule has 1 heterocycles. The van der Waals surface area contributed by atoms with Gasteiger partial charge in [0.1, 0.15) is 6.04 Å². The molecule has 1 aromatic carbocycles. The molecule has 1 fully saturated rings. The van der Waals surface area contributed by atoms with Crippen LogP contribution in [0.5, 0.6) is 0 Å². The third kappa shape index (κ3) is 1.50. The van der Waals surface area contributed by atoms with E-state index in [9.17, 15) is 9.59 Å². The number of urea groups is 1. The fourth-order valence-electron chi connectivity index (χ4n) is 1.34. The Morgan fingerprint density at radius 2 is 1.93 bits per heavy atom. The number of halogens is 1. The number of nitrogens with one attached hydrogen (secondary N) is 2. The normalized spacial score (nSPS) is 20.5. The van der Waals surface area contributed by atoms with Gasteiger partial charge in [0, 0.05) is 4.47 Å². The van der Waals surface area contributed by atoms with Gasteiger partial charge >= 0.3 is 6.03 Å². The summed E-state index contributed by atoms with van der Waals surface area (Å²) in [6.07, 6.45) is 0. The minimum absolute atomic E-state index is 0.318. The van der Waals surface area contributed by atoms with E-state index in [0.717, 1.165) is 10.0 Å². The van der Waals surface area contributed by atoms with Gasteiger partial charge in [0.25, 0.3) is 5.91 Å². The first-order valence-electron chi connectivity index (χ1n) is 4.04. The van der Waals surface area contributed by atoms with Crippen molar-refractivity contribution in [2.45, 2.75) is 6.04 Å². The van der Waals surface area contributed by atoms with Crippen LogP contribution in [-0.4, -0.2) is 11.9 Å². The molecule has 2 rings (SSSR count). The van der Waals surface area contributed by atoms with Crippen LogP contribution in [-0.2, 0) is 4.79 Å². The fraction of sp³-hybridized carbons (Fsp3) is 0.111. The predicted molar refractivity (Wildman–Crippen MR) is 53.6 cm³/mol. The Morgan fingerprint density at radius 3 is 2.50 bits per heavy atom. The fourth-order valence-corrected chi connectivity index (χ4v) is 1.86. The molecular formula is C9H7BrN2O2. The summed E-state index contributed by atoms with van der Waals surface area (Å²) in [7, 11) is 0. The first-order valence-corrected chi connectivity index (χ1v) is 4.83. The summed E-state index contributed by atoms with van der Waals surface area (Å²) >= 11 is 3.32. The van der Waals surface area contributed by atoms with Crippen molar-refractivity contribution in [3.63, 3.8) is 0 Å². The van der Waals surface area contributed by atoms with Crippen molar-refractivity contribution in [3.8, 4) is 0 Å². The maximum Gasteiger partial charge on any atom is 0.322 e. The number of hydrogen-bond acceptors (Lipinski definition) is 2. The van der Waals surface area contributed by atoms with E-state index in [4.69, 9.17) is 0 Å². The van der Waals surface area contributed by atoms with Gasteiger partial charge in [-0.2, -0.15) is 0 Å². The summed E-state index contributed by atoms with van der Waals surface area (Å²) in [6, 6.07) is 6.25. The van der Waals surface area contributed by atoms with Gasteiger partial charge < -0.3 is 5.32 Å². The van der Waals surface area contributed by atoms with Crippen molar-refractivity contribution in [2.75, 3.05) is 0 Å². The summed E-state index contributed by atoms with van der Waals surface area (Å²) in [5.41, 5.74) is 0.760. The lowest BCUT2D eigenvalue weighted by Crippen LogP contribution is -2.22. The van der Waals surface area contributed by atoms with Crippen LogP contribution in [0, 0.1) is 0 Å². The van der Waals surface area contributed by atoms with Crippen molar-refractivity contribution in [1.82, 2.24) is 10.6 Å². The largest absolute Gasteiger partial charge is 0.322 e. The van der Waals surface area contributed by atoms with E-state index in [0.29, 0.717) is 0 Å². The van der Waals surface area contributed by atoms with Crippen LogP contribution in [0.4, 0.5) is 4.79 Å². The highest BCUT2D eigenvalue weighted by Gasteiger charge is 2.31. The number of hydrogen-bond donors (Lipinski definition) is 2. The van der Waals surface area contributed by atoms with E-state index in [1.54, 1.807) is 6.07 Å². The SMILES string of the molecule is O=C1NC(=O)C(c2ccccc2Br)N1. The highest BCUT2D eigenvalue weighted by Crippen LogP contribution is 2.24. The first kappa shape index (κ1) is 9.21. The minimum atomic E-state index is -0.585. The number of imide groups is 1. The van der Waals surface area contributed by atoms with E-state index < -0.39 is 12.1 Å². The number of amides is 3. The molecule has 3 amide bonds. The van der Waals surface area contributed by atoms with Crippen molar-refractivity contribution in [2.24, 2.45) is 0 Å². The molecule has 1 unspecified atom stereocenters. The number of carbonyl (C=O) groups is 2. The number of benzene rings is 1. The van der Waals surface area contributed by atoms with Crippen LogP contribution in [0.25, 0.3) is 0 Å². The van der Waals surface area contributed by atoms with Gasteiger partial charge in [-0.05, 0) is 11.6 Å². The van der Waals surface area contributed by atoms with Gasteiger partial charge in [-0.25, -0.2) is 4.79 Å². The summed E-state index contributed by atoms with van der Waals surface area (Å²) in [6.45, 7) is 0. The zero-order chi connectivity index (χ0) is 10.1. The third-order valence-electron chi connectivity index (χ3n) is 1.99. The number of carbonyl (C=O) groups excluding carboxylic acids is 2. The molecule has 4 nitrogen and oxygen atoms in total. The predicted octanol–water partition coefficient (Wildman–Crippen LogP) is 1.33. The molecule has 14 heavy (non-hydrogen) atoms. The molecular weight excluding hydrogens is 248 g/mol. The monoisotopic (exact) mass is 254 g/mol. The van der Waals surface area contributed by atoms with Crippen LogP contribution in [0.15, 0.2) is 28.7 Å². The van der Waals surface area contributed by atoms with E-state index in [2.05, 4.69) is 26.6 Å². The second-order valence-corrected chi connectivity index (χ2v) is 3.77. The Bertz CT molecular complexity index is 406. The van der Waals surface area contributed by atoms with Crippen LogP contribution in [0.2, 0.25) is 0 Å². The topological polar surface area (TPSA) is 58.2 Å². The highest BCUT2D eigenvalue weighted by molar-refractivity contribution is 9.10. The molecule has 0 bridgehead atoms. The van der Waals surface area contributed by atoms with Gasteiger partial charge in [0.2, 0.25) is 0 Å². The highest BCUT2D eigenvalue weighted by atomic mass is 79.9. The molecule has 0 aromatic heterocycles. The number of rotatable bonds is 1. The average Bonchev–Trinajstić information content (AvgIpc) is 2.46. The molecule has 0 spiro atoms. The van der Waals surface area contributed by atoms with Crippen LogP contribution >= 0.6 is 15.9 Å². The maximum atomic E-state index is 11.3. The van der Waals surface area contributed by atoms with Gasteiger partial charge in [-0.15, -0.1) is 0 Å². The lowest BCUT2D eigenvalue weighted by molar-refractivity contribution is -0.120. The van der Waals surface area contributed by atoms with E-state index in [-0.39, 0.29) is 5.91 Å². The molecule has 1 saturated heterocycles. The minimum Gasteiger partial charge on any atom is -0.322 e. The second kappa shape index (κ2) is 3.42. The second-order valence-electron chi connectivity index (χ2n) is 2.92. The van der Waals surface area contributed by atoms with Gasteiger partial charge in [-0.3, -0.25) is 10.1 Å². The third-order valence-corrected chi connectivity index (χ3v) is 2.71. The molecule has 72 valence electrons. The zero-order valence-corrected chi connectivity index (χ0v) is 8.67. The van der Waals surface area contributed by atoms with Crippen LogP contribution in [0.3, 0.4) is 0 Å². The van der Waals surface area contributed by atoms with Crippen molar-refractivity contribution in [3.05, 3.63) is 34.3 Å². The average molecular weight is 255 g/mol. The smallest absolute Gasteiger partial charge is 0.322 e. The van der Waals surface area contributed by atoms with Crippen LogP contribution < -0.4 is 10.6 Å². The van der Waals surface area contributed by atoms with Crippen molar-refractivity contribution >= 4 is 27.9 Å². The molecule has 0 aliphatic carbocycles. The van der Waals surface area contributed by atoms with Crippen LogP contribution in [0.1, 0.15) is 11.6 Å². The molecule has 1 aromatic rings. The quantitative estimate of drug-likeness (QED) is 0.744. The molecule has 2 N–H and O–H groups in total. The Balaban J connectivity index is 2.36. The summed E-state index contributed by atoms with van der Waals surface area (Å²) in [4.78, 5) is 22.2. The Kier molecular flexibility index (Phi) is 2.25. The lowest BCUT2D eigenvalue weighted by Gasteiger charge is -2.08. The van der Waals surface area contributed by atoms with Crippen molar-refractivity contribution < 1.29 is 9.59 Å². The van der Waals surface area contributed by atoms with Crippen molar-refractivity contribution in [1.29, 1.82) is 0 Å². The van der Waals surface area contributed by atoms with E-state index in [1.165, 1.54) is 0 Å². The molecule has 0 radical (unpaired) electrons. The molecule has 1 atom stereocenters. The van der Waals surface area contributed by atoms with Gasteiger partial charge in [-0.1, -0.05) is 34.1 Å². The summed E-state index contributed by atoms with van der Waals surface area (Å²) in [5.74, 6) is -0.318. The Morgan fingerprint density at radius 1 is 1.21 bits per heavy atom. The standard InChI is InChI=1S/C9H7BrN2O2/c10-6-4-2-1-3-5(6)7-8(13)12-9(14)11-7/h1-4,7H,(H2,11,12,13,14). The molecule has 0 saturated carbocycles. The van der Waals surface area contributed by atoms with Gasteiger partial charge in [0.15, 0.2) is 0 Å². The molecule has 1 aliphatic rings. The van der Waals surface area contributed by atoms with E-state index in [1.807, 2.05) is 18.2 Å². The Hall–Kier alpha value is -1.36. The van der Waals surface area contributed by atoms with E-state index >= 15 is 0 Å². The summed E-state index contributed by atoms with van der Waals surface area (Å²) < 4.78 is 0.808. The summed E-state index contributed by atoms with van der Waals surface area (Å²) in [5, 5.41) is 4.71. The zero-order valence-electron chi connectivity index (χ0n) is 7.08.